The number of morpholine rings is 1. The Labute approximate surface area is 169 Å². The molecule has 0 unspecified atom stereocenters. The van der Waals surface area contributed by atoms with E-state index in [9.17, 15) is 4.79 Å². The van der Waals surface area contributed by atoms with Gasteiger partial charge in [-0.25, -0.2) is 0 Å². The molecule has 4 heterocycles. The molecule has 1 amide bonds. The zero-order valence-electron chi connectivity index (χ0n) is 16.2. The van der Waals surface area contributed by atoms with Crippen LogP contribution in [0.2, 0.25) is 0 Å². The highest BCUT2D eigenvalue weighted by atomic mass is 16.5. The van der Waals surface area contributed by atoms with Crippen LogP contribution in [0.15, 0.2) is 48.7 Å². The van der Waals surface area contributed by atoms with Crippen LogP contribution in [0.5, 0.6) is 0 Å². The van der Waals surface area contributed by atoms with Gasteiger partial charge >= 0.3 is 0 Å². The summed E-state index contributed by atoms with van der Waals surface area (Å²) in [5.41, 5.74) is 5.99. The summed E-state index contributed by atoms with van der Waals surface area (Å²) in [6, 6.07) is 14.2. The van der Waals surface area contributed by atoms with E-state index < -0.39 is 0 Å². The van der Waals surface area contributed by atoms with E-state index in [4.69, 9.17) is 4.74 Å². The Morgan fingerprint density at radius 2 is 2.00 bits per heavy atom. The Kier molecular flexibility index (Phi) is 4.73. The number of pyridine rings is 1. The minimum absolute atomic E-state index is 0.107. The first-order chi connectivity index (χ1) is 14.3. The van der Waals surface area contributed by atoms with Gasteiger partial charge in [-0.15, -0.1) is 0 Å². The summed E-state index contributed by atoms with van der Waals surface area (Å²) in [7, 11) is 0. The molecule has 7 heteroatoms. The third kappa shape index (κ3) is 3.61. The number of nitrogens with one attached hydrogen (secondary N) is 1. The number of nitrogens with zero attached hydrogens (tertiary/aromatic N) is 4. The lowest BCUT2D eigenvalue weighted by Gasteiger charge is -2.29. The van der Waals surface area contributed by atoms with Crippen molar-refractivity contribution < 1.29 is 9.53 Å². The van der Waals surface area contributed by atoms with E-state index in [0.717, 1.165) is 54.5 Å². The quantitative estimate of drug-likeness (QED) is 0.742. The first kappa shape index (κ1) is 17.9. The summed E-state index contributed by atoms with van der Waals surface area (Å²) in [5, 5.41) is 7.73. The molecule has 0 radical (unpaired) electrons. The summed E-state index contributed by atoms with van der Waals surface area (Å²) >= 11 is 0. The number of rotatable bonds is 4. The monoisotopic (exact) mass is 389 g/mol. The standard InChI is InChI=1S/C22H23N5O2/c28-21-13-19-20(15-27(21)14-17-5-1-2-7-23-17)24-25-22(19)16-4-3-6-18(12-16)26-8-10-29-11-9-26/h1-7,12H,8-11,13-15H2,(H,24,25). The Balaban J connectivity index is 1.39. The van der Waals surface area contributed by atoms with Crippen molar-refractivity contribution >= 4 is 11.6 Å². The molecule has 0 spiro atoms. The average molecular weight is 389 g/mol. The molecule has 1 N–H and O–H groups in total. The molecule has 1 saturated heterocycles. The van der Waals surface area contributed by atoms with Crippen molar-refractivity contribution in [3.8, 4) is 11.3 Å². The molecule has 7 nitrogen and oxygen atoms in total. The number of fused-ring (bicyclic) bond motifs is 1. The summed E-state index contributed by atoms with van der Waals surface area (Å²) in [6.45, 7) is 4.33. The van der Waals surface area contributed by atoms with Crippen molar-refractivity contribution in [2.45, 2.75) is 19.5 Å². The molecule has 0 bridgehead atoms. The molecule has 1 aromatic carbocycles. The number of carbonyl (C=O) groups excluding carboxylic acids is 1. The third-order valence-corrected chi connectivity index (χ3v) is 5.56. The maximum atomic E-state index is 12.8. The normalized spacial score (nSPS) is 16.8. The van der Waals surface area contributed by atoms with Crippen LogP contribution in [0.25, 0.3) is 11.3 Å². The Hall–Kier alpha value is -3.19. The first-order valence-corrected chi connectivity index (χ1v) is 9.95. The van der Waals surface area contributed by atoms with Crippen molar-refractivity contribution in [3.63, 3.8) is 0 Å². The van der Waals surface area contributed by atoms with E-state index in [2.05, 4.69) is 44.3 Å². The Morgan fingerprint density at radius 1 is 1.10 bits per heavy atom. The van der Waals surface area contributed by atoms with E-state index >= 15 is 0 Å². The highest BCUT2D eigenvalue weighted by molar-refractivity contribution is 5.84. The molecule has 3 aromatic rings. The van der Waals surface area contributed by atoms with Gasteiger partial charge < -0.3 is 14.5 Å². The van der Waals surface area contributed by atoms with Gasteiger partial charge in [0.15, 0.2) is 0 Å². The number of hydrogen-bond acceptors (Lipinski definition) is 5. The van der Waals surface area contributed by atoms with Gasteiger partial charge in [-0.3, -0.25) is 14.9 Å². The van der Waals surface area contributed by atoms with E-state index in [1.54, 1.807) is 6.20 Å². The average Bonchev–Trinajstić information content (AvgIpc) is 3.18. The fourth-order valence-corrected chi connectivity index (χ4v) is 4.01. The maximum Gasteiger partial charge on any atom is 0.227 e. The topological polar surface area (TPSA) is 74.4 Å². The van der Waals surface area contributed by atoms with Gasteiger partial charge in [-0.05, 0) is 24.3 Å². The molecule has 148 valence electrons. The van der Waals surface area contributed by atoms with Crippen molar-refractivity contribution in [3.05, 3.63) is 65.6 Å². The van der Waals surface area contributed by atoms with Crippen molar-refractivity contribution in [2.75, 3.05) is 31.2 Å². The number of hydrogen-bond donors (Lipinski definition) is 1. The molecule has 2 aliphatic heterocycles. The van der Waals surface area contributed by atoms with Crippen molar-refractivity contribution in [1.29, 1.82) is 0 Å². The summed E-state index contributed by atoms with van der Waals surface area (Å²) in [4.78, 5) is 21.3. The van der Waals surface area contributed by atoms with Gasteiger partial charge in [0.05, 0.1) is 49.8 Å². The molecular weight excluding hydrogens is 366 g/mol. The molecule has 0 aliphatic carbocycles. The van der Waals surface area contributed by atoms with E-state index in [0.29, 0.717) is 19.5 Å². The van der Waals surface area contributed by atoms with Crippen molar-refractivity contribution in [2.24, 2.45) is 0 Å². The van der Waals surface area contributed by atoms with Crippen LogP contribution in [0.3, 0.4) is 0 Å². The van der Waals surface area contributed by atoms with Gasteiger partial charge in [-0.2, -0.15) is 5.10 Å². The number of anilines is 1. The molecule has 29 heavy (non-hydrogen) atoms. The molecule has 2 aliphatic rings. The predicted molar refractivity (Wildman–Crippen MR) is 109 cm³/mol. The van der Waals surface area contributed by atoms with Crippen LogP contribution in [-0.2, 0) is 29.0 Å². The zero-order chi connectivity index (χ0) is 19.6. The molecule has 2 aromatic heterocycles. The van der Waals surface area contributed by atoms with Crippen LogP contribution in [0, 0.1) is 0 Å². The lowest BCUT2D eigenvalue weighted by molar-refractivity contribution is -0.132. The zero-order valence-corrected chi connectivity index (χ0v) is 16.2. The van der Waals surface area contributed by atoms with E-state index in [-0.39, 0.29) is 5.91 Å². The minimum Gasteiger partial charge on any atom is -0.378 e. The van der Waals surface area contributed by atoms with Gasteiger partial charge in [0.2, 0.25) is 5.91 Å². The number of carbonyl (C=O) groups is 1. The van der Waals surface area contributed by atoms with E-state index in [1.807, 2.05) is 23.1 Å². The lowest BCUT2D eigenvalue weighted by Crippen LogP contribution is -2.36. The largest absolute Gasteiger partial charge is 0.378 e. The van der Waals surface area contributed by atoms with Gasteiger partial charge in [0.1, 0.15) is 0 Å². The molecule has 0 atom stereocenters. The second kappa shape index (κ2) is 7.67. The third-order valence-electron chi connectivity index (χ3n) is 5.56. The van der Waals surface area contributed by atoms with Gasteiger partial charge in [-0.1, -0.05) is 18.2 Å². The van der Waals surface area contributed by atoms with Gasteiger partial charge in [0.25, 0.3) is 0 Å². The molecule has 1 fully saturated rings. The van der Waals surface area contributed by atoms with Crippen LogP contribution in [0.4, 0.5) is 5.69 Å². The number of benzene rings is 1. The summed E-state index contributed by atoms with van der Waals surface area (Å²) in [5.74, 6) is 0.107. The predicted octanol–water partition coefficient (Wildman–Crippen LogP) is 2.39. The Bertz CT molecular complexity index is 1010. The molecule has 5 rings (SSSR count). The number of aromatic amines is 1. The highest BCUT2D eigenvalue weighted by Crippen LogP contribution is 2.31. The molecule has 0 saturated carbocycles. The molecular formula is C22H23N5O2. The Morgan fingerprint density at radius 3 is 2.83 bits per heavy atom. The highest BCUT2D eigenvalue weighted by Gasteiger charge is 2.28. The summed E-state index contributed by atoms with van der Waals surface area (Å²) < 4.78 is 5.46. The van der Waals surface area contributed by atoms with Gasteiger partial charge in [0, 0.05) is 36.1 Å². The lowest BCUT2D eigenvalue weighted by atomic mass is 9.99. The van der Waals surface area contributed by atoms with Crippen LogP contribution < -0.4 is 4.90 Å². The van der Waals surface area contributed by atoms with Crippen LogP contribution in [-0.4, -0.2) is 52.3 Å². The SMILES string of the molecule is O=C1Cc2c(-c3cccc(N4CCOCC4)c3)n[nH]c2CN1Cc1ccccn1. The number of H-pyrrole nitrogens is 1. The number of ether oxygens (including phenoxy) is 1. The van der Waals surface area contributed by atoms with Crippen LogP contribution >= 0.6 is 0 Å². The minimum atomic E-state index is 0.107. The van der Waals surface area contributed by atoms with Crippen LogP contribution in [0.1, 0.15) is 17.0 Å². The fraction of sp³-hybridized carbons (Fsp3) is 0.318. The van der Waals surface area contributed by atoms with E-state index in [1.165, 1.54) is 5.69 Å². The second-order valence-corrected chi connectivity index (χ2v) is 7.43. The maximum absolute atomic E-state index is 12.8. The number of amides is 1. The fourth-order valence-electron chi connectivity index (χ4n) is 4.01. The smallest absolute Gasteiger partial charge is 0.227 e. The number of aromatic nitrogens is 3. The second-order valence-electron chi connectivity index (χ2n) is 7.43. The summed E-state index contributed by atoms with van der Waals surface area (Å²) in [6.07, 6.45) is 2.11. The van der Waals surface area contributed by atoms with Crippen molar-refractivity contribution in [1.82, 2.24) is 20.1 Å². The first-order valence-electron chi connectivity index (χ1n) is 9.95.